The summed E-state index contributed by atoms with van der Waals surface area (Å²) < 4.78 is 5.33. The first kappa shape index (κ1) is 24.3. The number of nitrogens with zero attached hydrogens (tertiary/aromatic N) is 2. The van der Waals surface area contributed by atoms with Crippen molar-refractivity contribution in [3.05, 3.63) is 103 Å². The first-order valence-corrected chi connectivity index (χ1v) is 12.6. The predicted octanol–water partition coefficient (Wildman–Crippen LogP) is 5.53. The van der Waals surface area contributed by atoms with Crippen LogP contribution >= 0.6 is 0 Å². The molecule has 0 saturated heterocycles. The average Bonchev–Trinajstić information content (AvgIpc) is 3.65. The van der Waals surface area contributed by atoms with Gasteiger partial charge >= 0.3 is 0 Å². The fourth-order valence-electron chi connectivity index (χ4n) is 4.88. The van der Waals surface area contributed by atoms with Gasteiger partial charge < -0.3 is 15.0 Å². The molecular weight excluding hydrogens is 464 g/mol. The minimum atomic E-state index is -0.882. The SMILES string of the molecule is COc1ccc(N(C(=O)c2ccc(-c3ccccc3)[nH]2)[C@H](C(=O)NC2CCCC2)c2ccncc2)cc1. The number of pyridine rings is 1. The first-order chi connectivity index (χ1) is 18.1. The molecule has 0 unspecified atom stereocenters. The van der Waals surface area contributed by atoms with Gasteiger partial charge in [-0.25, -0.2) is 0 Å². The molecule has 1 aliphatic rings. The van der Waals surface area contributed by atoms with Crippen LogP contribution in [-0.4, -0.2) is 34.9 Å². The number of nitrogens with one attached hydrogen (secondary N) is 2. The van der Waals surface area contributed by atoms with Gasteiger partial charge in [0.2, 0.25) is 5.91 Å². The van der Waals surface area contributed by atoms with E-state index in [1.165, 1.54) is 0 Å². The summed E-state index contributed by atoms with van der Waals surface area (Å²) in [4.78, 5) is 37.0. The Morgan fingerprint density at radius 2 is 1.65 bits per heavy atom. The maximum absolute atomic E-state index is 14.2. The van der Waals surface area contributed by atoms with Crippen molar-refractivity contribution >= 4 is 17.5 Å². The van der Waals surface area contributed by atoms with Crippen molar-refractivity contribution < 1.29 is 14.3 Å². The molecule has 2 aromatic carbocycles. The number of ether oxygens (including phenoxy) is 1. The van der Waals surface area contributed by atoms with E-state index in [-0.39, 0.29) is 17.9 Å². The van der Waals surface area contributed by atoms with Gasteiger partial charge in [-0.2, -0.15) is 0 Å². The van der Waals surface area contributed by atoms with Crippen LogP contribution in [0.1, 0.15) is 47.8 Å². The van der Waals surface area contributed by atoms with E-state index in [0.717, 1.165) is 36.9 Å². The van der Waals surface area contributed by atoms with E-state index in [2.05, 4.69) is 15.3 Å². The van der Waals surface area contributed by atoms with E-state index in [0.29, 0.717) is 22.7 Å². The Hall–Kier alpha value is -4.39. The summed E-state index contributed by atoms with van der Waals surface area (Å²) in [6.07, 6.45) is 7.37. The quantitative estimate of drug-likeness (QED) is 0.337. The number of amides is 2. The molecule has 7 nitrogen and oxygen atoms in total. The summed E-state index contributed by atoms with van der Waals surface area (Å²) in [6, 6.07) is 23.4. The summed E-state index contributed by atoms with van der Waals surface area (Å²) in [5.74, 6) is 0.145. The number of hydrogen-bond acceptors (Lipinski definition) is 4. The summed E-state index contributed by atoms with van der Waals surface area (Å²) >= 11 is 0. The molecule has 4 aromatic rings. The molecule has 7 heteroatoms. The summed E-state index contributed by atoms with van der Waals surface area (Å²) in [5.41, 5.74) is 3.47. The van der Waals surface area contributed by atoms with Gasteiger partial charge in [-0.15, -0.1) is 0 Å². The summed E-state index contributed by atoms with van der Waals surface area (Å²) in [6.45, 7) is 0. The fourth-order valence-corrected chi connectivity index (χ4v) is 4.88. The van der Waals surface area contributed by atoms with Crippen LogP contribution in [-0.2, 0) is 4.79 Å². The third-order valence-electron chi connectivity index (χ3n) is 6.80. The van der Waals surface area contributed by atoms with E-state index < -0.39 is 6.04 Å². The highest BCUT2D eigenvalue weighted by Crippen LogP contribution is 2.32. The number of anilines is 1. The minimum absolute atomic E-state index is 0.111. The minimum Gasteiger partial charge on any atom is -0.497 e. The number of hydrogen-bond donors (Lipinski definition) is 2. The Bertz CT molecular complexity index is 1330. The Kier molecular flexibility index (Phi) is 7.31. The van der Waals surface area contributed by atoms with Crippen LogP contribution in [0.4, 0.5) is 5.69 Å². The number of aromatic nitrogens is 2. The molecule has 0 bridgehead atoms. The Balaban J connectivity index is 1.57. The van der Waals surface area contributed by atoms with Crippen molar-refractivity contribution in [2.24, 2.45) is 0 Å². The second-order valence-electron chi connectivity index (χ2n) is 9.20. The van der Waals surface area contributed by atoms with Crippen molar-refractivity contribution in [1.82, 2.24) is 15.3 Å². The van der Waals surface area contributed by atoms with Gasteiger partial charge in [-0.3, -0.25) is 19.5 Å². The molecular formula is C30H30N4O3. The first-order valence-electron chi connectivity index (χ1n) is 12.6. The molecule has 1 aliphatic carbocycles. The lowest BCUT2D eigenvalue weighted by Gasteiger charge is -2.32. The van der Waals surface area contributed by atoms with Crippen molar-refractivity contribution in [3.63, 3.8) is 0 Å². The lowest BCUT2D eigenvalue weighted by Crippen LogP contribution is -2.46. The highest BCUT2D eigenvalue weighted by Gasteiger charge is 2.35. The van der Waals surface area contributed by atoms with E-state index >= 15 is 0 Å². The number of carbonyl (C=O) groups excluding carboxylic acids is 2. The lowest BCUT2D eigenvalue weighted by atomic mass is 10.0. The van der Waals surface area contributed by atoms with E-state index in [1.807, 2.05) is 36.4 Å². The molecule has 1 fully saturated rings. The molecule has 188 valence electrons. The zero-order valence-corrected chi connectivity index (χ0v) is 20.8. The Morgan fingerprint density at radius 3 is 2.32 bits per heavy atom. The van der Waals surface area contributed by atoms with Crippen molar-refractivity contribution in [3.8, 4) is 17.0 Å². The molecule has 0 spiro atoms. The number of benzene rings is 2. The Labute approximate surface area is 216 Å². The van der Waals surface area contributed by atoms with Crippen LogP contribution in [0.25, 0.3) is 11.3 Å². The number of H-pyrrole nitrogens is 1. The normalized spacial score (nSPS) is 14.2. The molecule has 1 saturated carbocycles. The van der Waals surface area contributed by atoms with Crippen LogP contribution in [0.2, 0.25) is 0 Å². The van der Waals surface area contributed by atoms with Crippen molar-refractivity contribution in [2.45, 2.75) is 37.8 Å². The number of aromatic amines is 1. The van der Waals surface area contributed by atoms with E-state index in [4.69, 9.17) is 4.74 Å². The smallest absolute Gasteiger partial charge is 0.275 e. The maximum atomic E-state index is 14.2. The van der Waals surface area contributed by atoms with Gasteiger partial charge in [-0.05, 0) is 72.5 Å². The maximum Gasteiger partial charge on any atom is 0.275 e. The molecule has 2 amide bonds. The van der Waals surface area contributed by atoms with E-state index in [9.17, 15) is 9.59 Å². The summed E-state index contributed by atoms with van der Waals surface area (Å²) in [7, 11) is 1.59. The molecule has 5 rings (SSSR count). The third kappa shape index (κ3) is 5.40. The predicted molar refractivity (Wildman–Crippen MR) is 143 cm³/mol. The monoisotopic (exact) mass is 494 g/mol. The highest BCUT2D eigenvalue weighted by molar-refractivity contribution is 6.09. The van der Waals surface area contributed by atoms with Crippen molar-refractivity contribution in [2.75, 3.05) is 12.0 Å². The van der Waals surface area contributed by atoms with Gasteiger partial charge in [0.1, 0.15) is 17.5 Å². The van der Waals surface area contributed by atoms with Gasteiger partial charge in [0.05, 0.1) is 7.11 Å². The molecule has 2 aromatic heterocycles. The molecule has 0 aliphatic heterocycles. The standard InChI is InChI=1S/C30H30N4O3/c1-37-25-13-11-24(12-14-25)34(30(36)27-16-15-26(33-27)21-7-3-2-4-8-21)28(22-17-19-31-20-18-22)29(35)32-23-9-5-6-10-23/h2-4,7-8,11-20,23,28,33H,5-6,9-10H2,1H3,(H,32,35)/t28-/m0/s1. The van der Waals surface area contributed by atoms with Crippen LogP contribution in [0.3, 0.4) is 0 Å². The molecule has 0 radical (unpaired) electrons. The third-order valence-corrected chi connectivity index (χ3v) is 6.80. The highest BCUT2D eigenvalue weighted by atomic mass is 16.5. The van der Waals surface area contributed by atoms with Crippen LogP contribution in [0, 0.1) is 0 Å². The molecule has 1 atom stereocenters. The number of carbonyl (C=O) groups is 2. The average molecular weight is 495 g/mol. The van der Waals surface area contributed by atoms with Gasteiger partial charge in [0.15, 0.2) is 0 Å². The topological polar surface area (TPSA) is 87.3 Å². The molecule has 2 heterocycles. The lowest BCUT2D eigenvalue weighted by molar-refractivity contribution is -0.123. The number of rotatable bonds is 8. The van der Waals surface area contributed by atoms with Gasteiger partial charge in [-0.1, -0.05) is 43.2 Å². The second kappa shape index (κ2) is 11.1. The largest absolute Gasteiger partial charge is 0.497 e. The van der Waals surface area contributed by atoms with Gasteiger partial charge in [0, 0.05) is 29.8 Å². The Morgan fingerprint density at radius 1 is 0.946 bits per heavy atom. The zero-order chi connectivity index (χ0) is 25.6. The van der Waals surface area contributed by atoms with Gasteiger partial charge in [0.25, 0.3) is 5.91 Å². The van der Waals surface area contributed by atoms with Crippen LogP contribution < -0.4 is 15.0 Å². The second-order valence-corrected chi connectivity index (χ2v) is 9.20. The zero-order valence-electron chi connectivity index (χ0n) is 20.8. The molecule has 37 heavy (non-hydrogen) atoms. The molecule has 2 N–H and O–H groups in total. The van der Waals surface area contributed by atoms with Crippen LogP contribution in [0.15, 0.2) is 91.3 Å². The summed E-state index contributed by atoms with van der Waals surface area (Å²) in [5, 5.41) is 3.20. The van der Waals surface area contributed by atoms with E-state index in [1.54, 1.807) is 66.9 Å². The van der Waals surface area contributed by atoms with Crippen LogP contribution in [0.5, 0.6) is 5.75 Å². The van der Waals surface area contributed by atoms with Crippen molar-refractivity contribution in [1.29, 1.82) is 0 Å². The fraction of sp³-hybridized carbons (Fsp3) is 0.233. The number of methoxy groups -OCH3 is 1.